The van der Waals surface area contributed by atoms with E-state index in [0.717, 1.165) is 31.5 Å². The van der Waals surface area contributed by atoms with Crippen LogP contribution in [0.25, 0.3) is 0 Å². The maximum Gasteiger partial charge on any atom is 0.000274 e. The van der Waals surface area contributed by atoms with E-state index in [1.807, 2.05) is 7.05 Å². The van der Waals surface area contributed by atoms with Gasteiger partial charge >= 0.3 is 0 Å². The van der Waals surface area contributed by atoms with Crippen LogP contribution in [-0.2, 0) is 0 Å². The van der Waals surface area contributed by atoms with Gasteiger partial charge < -0.3 is 10.6 Å². The van der Waals surface area contributed by atoms with Crippen molar-refractivity contribution in [2.75, 3.05) is 26.7 Å². The normalized spacial score (nSPS) is 14.4. The van der Waals surface area contributed by atoms with Crippen molar-refractivity contribution < 1.29 is 0 Å². The molecule has 2 N–H and O–H groups in total. The second-order valence-electron chi connectivity index (χ2n) is 6.23. The van der Waals surface area contributed by atoms with Gasteiger partial charge in [-0.2, -0.15) is 0 Å². The third-order valence-corrected chi connectivity index (χ3v) is 3.07. The molecule has 0 heterocycles. The molecule has 2 heteroatoms. The van der Waals surface area contributed by atoms with Crippen molar-refractivity contribution in [2.24, 2.45) is 17.3 Å². The van der Waals surface area contributed by atoms with Gasteiger partial charge in [0.25, 0.3) is 0 Å². The third-order valence-electron chi connectivity index (χ3n) is 3.07. The fraction of sp³-hybridized carbons (Fsp3) is 1.00. The first-order valence-corrected chi connectivity index (χ1v) is 6.76. The standard InChI is InChI=1S/C14H32N2/c1-7-13(9-15-6)10-16-11-14(4,5)8-12(2)3/h12-13,15-16H,7-11H2,1-6H3. The van der Waals surface area contributed by atoms with Gasteiger partial charge in [0.05, 0.1) is 0 Å². The first kappa shape index (κ1) is 15.9. The molecule has 1 unspecified atom stereocenters. The minimum absolute atomic E-state index is 0.423. The molecule has 0 fully saturated rings. The molecule has 0 aliphatic rings. The van der Waals surface area contributed by atoms with Gasteiger partial charge in [-0.05, 0) is 43.8 Å². The van der Waals surface area contributed by atoms with Crippen LogP contribution in [0.4, 0.5) is 0 Å². The number of rotatable bonds is 9. The Morgan fingerprint density at radius 3 is 2.19 bits per heavy atom. The predicted octanol–water partition coefficient (Wildman–Crippen LogP) is 2.89. The fourth-order valence-electron chi connectivity index (χ4n) is 2.44. The smallest absolute Gasteiger partial charge is 0.000274 e. The molecule has 0 aromatic heterocycles. The zero-order chi connectivity index (χ0) is 12.6. The molecule has 16 heavy (non-hydrogen) atoms. The SMILES string of the molecule is CCC(CNC)CNCC(C)(C)CC(C)C. The van der Waals surface area contributed by atoms with E-state index in [1.54, 1.807) is 0 Å². The summed E-state index contributed by atoms with van der Waals surface area (Å²) in [7, 11) is 2.03. The van der Waals surface area contributed by atoms with E-state index in [-0.39, 0.29) is 0 Å². The van der Waals surface area contributed by atoms with Crippen molar-refractivity contribution in [1.29, 1.82) is 0 Å². The Hall–Kier alpha value is -0.0800. The summed E-state index contributed by atoms with van der Waals surface area (Å²) in [6, 6.07) is 0. The van der Waals surface area contributed by atoms with Gasteiger partial charge in [0, 0.05) is 6.54 Å². The molecule has 0 radical (unpaired) electrons. The summed E-state index contributed by atoms with van der Waals surface area (Å²) in [4.78, 5) is 0. The summed E-state index contributed by atoms with van der Waals surface area (Å²) in [6.07, 6.45) is 2.54. The summed E-state index contributed by atoms with van der Waals surface area (Å²) in [6.45, 7) is 15.0. The monoisotopic (exact) mass is 228 g/mol. The third kappa shape index (κ3) is 8.12. The average Bonchev–Trinajstić information content (AvgIpc) is 2.14. The van der Waals surface area contributed by atoms with Crippen LogP contribution in [0.2, 0.25) is 0 Å². The molecule has 0 spiro atoms. The van der Waals surface area contributed by atoms with Crippen molar-refractivity contribution in [3.8, 4) is 0 Å². The topological polar surface area (TPSA) is 24.1 Å². The van der Waals surface area contributed by atoms with E-state index in [2.05, 4.69) is 45.3 Å². The van der Waals surface area contributed by atoms with Gasteiger partial charge in [-0.25, -0.2) is 0 Å². The molecule has 0 saturated heterocycles. The zero-order valence-corrected chi connectivity index (χ0v) is 12.2. The first-order chi connectivity index (χ1) is 7.41. The molecule has 0 saturated carbocycles. The second-order valence-corrected chi connectivity index (χ2v) is 6.23. The van der Waals surface area contributed by atoms with Gasteiger partial charge in [0.15, 0.2) is 0 Å². The largest absolute Gasteiger partial charge is 0.319 e. The average molecular weight is 228 g/mol. The van der Waals surface area contributed by atoms with Crippen molar-refractivity contribution in [1.82, 2.24) is 10.6 Å². The minimum Gasteiger partial charge on any atom is -0.319 e. The van der Waals surface area contributed by atoms with Crippen molar-refractivity contribution in [2.45, 2.75) is 47.5 Å². The lowest BCUT2D eigenvalue weighted by molar-refractivity contribution is 0.265. The molecule has 0 aliphatic carbocycles. The van der Waals surface area contributed by atoms with E-state index in [1.165, 1.54) is 12.8 Å². The quantitative estimate of drug-likeness (QED) is 0.634. The molecule has 0 rings (SSSR count). The van der Waals surface area contributed by atoms with Crippen molar-refractivity contribution in [3.05, 3.63) is 0 Å². The lowest BCUT2D eigenvalue weighted by Gasteiger charge is -2.28. The molecule has 0 bridgehead atoms. The Kier molecular flexibility index (Phi) is 8.04. The molecule has 0 aromatic rings. The summed E-state index contributed by atoms with van der Waals surface area (Å²) in [5.74, 6) is 1.55. The van der Waals surface area contributed by atoms with E-state index in [9.17, 15) is 0 Å². The second kappa shape index (κ2) is 8.08. The van der Waals surface area contributed by atoms with Crippen LogP contribution >= 0.6 is 0 Å². The Labute approximate surface area is 103 Å². The lowest BCUT2D eigenvalue weighted by Crippen LogP contribution is -2.36. The van der Waals surface area contributed by atoms with Gasteiger partial charge in [0.2, 0.25) is 0 Å². The van der Waals surface area contributed by atoms with E-state index < -0.39 is 0 Å². The Bertz CT molecular complexity index is 164. The highest BCUT2D eigenvalue weighted by Gasteiger charge is 2.19. The predicted molar refractivity (Wildman–Crippen MR) is 73.8 cm³/mol. The summed E-state index contributed by atoms with van der Waals surface area (Å²) in [5, 5.41) is 6.89. The van der Waals surface area contributed by atoms with Crippen LogP contribution in [0, 0.1) is 17.3 Å². The Morgan fingerprint density at radius 1 is 1.12 bits per heavy atom. The maximum atomic E-state index is 3.63. The van der Waals surface area contributed by atoms with Crippen LogP contribution in [0.5, 0.6) is 0 Å². The van der Waals surface area contributed by atoms with Crippen LogP contribution in [0.15, 0.2) is 0 Å². The zero-order valence-electron chi connectivity index (χ0n) is 12.2. The van der Waals surface area contributed by atoms with Crippen molar-refractivity contribution in [3.63, 3.8) is 0 Å². The Balaban J connectivity index is 3.77. The highest BCUT2D eigenvalue weighted by molar-refractivity contribution is 4.74. The molecule has 0 aromatic carbocycles. The molecule has 0 amide bonds. The molecular weight excluding hydrogens is 196 g/mol. The minimum atomic E-state index is 0.423. The van der Waals surface area contributed by atoms with Gasteiger partial charge in [0.1, 0.15) is 0 Å². The van der Waals surface area contributed by atoms with E-state index in [0.29, 0.717) is 5.41 Å². The highest BCUT2D eigenvalue weighted by atomic mass is 14.9. The van der Waals surface area contributed by atoms with E-state index >= 15 is 0 Å². The summed E-state index contributed by atoms with van der Waals surface area (Å²) >= 11 is 0. The first-order valence-electron chi connectivity index (χ1n) is 6.76. The maximum absolute atomic E-state index is 3.63. The number of nitrogens with one attached hydrogen (secondary N) is 2. The molecular formula is C14H32N2. The molecule has 0 aliphatic heterocycles. The van der Waals surface area contributed by atoms with Crippen molar-refractivity contribution >= 4 is 0 Å². The summed E-state index contributed by atoms with van der Waals surface area (Å²) < 4.78 is 0. The van der Waals surface area contributed by atoms with Gasteiger partial charge in [-0.15, -0.1) is 0 Å². The molecule has 98 valence electrons. The van der Waals surface area contributed by atoms with Crippen LogP contribution in [0.1, 0.15) is 47.5 Å². The summed E-state index contributed by atoms with van der Waals surface area (Å²) in [5.41, 5.74) is 0.423. The van der Waals surface area contributed by atoms with Crippen LogP contribution in [-0.4, -0.2) is 26.7 Å². The highest BCUT2D eigenvalue weighted by Crippen LogP contribution is 2.24. The van der Waals surface area contributed by atoms with Gasteiger partial charge in [-0.1, -0.05) is 41.0 Å². The molecule has 1 atom stereocenters. The van der Waals surface area contributed by atoms with Gasteiger partial charge in [-0.3, -0.25) is 0 Å². The molecule has 2 nitrogen and oxygen atoms in total. The van der Waals surface area contributed by atoms with Crippen LogP contribution < -0.4 is 10.6 Å². The lowest BCUT2D eigenvalue weighted by atomic mass is 9.84. The number of hydrogen-bond donors (Lipinski definition) is 2. The fourth-order valence-corrected chi connectivity index (χ4v) is 2.44. The number of hydrogen-bond acceptors (Lipinski definition) is 2. The Morgan fingerprint density at radius 2 is 1.75 bits per heavy atom. The van der Waals surface area contributed by atoms with Crippen LogP contribution in [0.3, 0.4) is 0 Å². The van der Waals surface area contributed by atoms with E-state index in [4.69, 9.17) is 0 Å².